The van der Waals surface area contributed by atoms with Gasteiger partial charge in [0.1, 0.15) is 5.52 Å². The number of hydrogen-bond acceptors (Lipinski definition) is 2. The molecule has 0 saturated heterocycles. The van der Waals surface area contributed by atoms with Crippen molar-refractivity contribution in [2.75, 3.05) is 0 Å². The molecule has 4 heterocycles. The quantitative estimate of drug-likeness (QED) is 0.158. The number of aryl methyl sites for hydroxylation is 2. The number of benzene rings is 4. The average molecular weight is 450 g/mol. The molecule has 4 aromatic heterocycles. The lowest BCUT2D eigenvalue weighted by molar-refractivity contribution is -0.646. The van der Waals surface area contributed by atoms with Gasteiger partial charge in [-0.3, -0.25) is 4.98 Å². The predicted molar refractivity (Wildman–Crippen MR) is 143 cm³/mol. The normalized spacial score (nSPS) is 12.3. The zero-order valence-electron chi connectivity index (χ0n) is 19.4. The molecule has 35 heavy (non-hydrogen) atoms. The van der Waals surface area contributed by atoms with Gasteiger partial charge in [0.15, 0.2) is 5.52 Å². The molecule has 0 unspecified atom stereocenters. The van der Waals surface area contributed by atoms with E-state index in [2.05, 4.69) is 101 Å². The van der Waals surface area contributed by atoms with Crippen molar-refractivity contribution in [2.24, 2.45) is 7.05 Å². The molecular formula is C31H21N4+. The van der Waals surface area contributed by atoms with Gasteiger partial charge in [0, 0.05) is 28.6 Å². The minimum Gasteiger partial charge on any atom is -0.307 e. The van der Waals surface area contributed by atoms with Crippen molar-refractivity contribution in [3.8, 4) is 11.1 Å². The summed E-state index contributed by atoms with van der Waals surface area (Å²) in [5, 5.41) is 7.57. The van der Waals surface area contributed by atoms with Crippen LogP contribution >= 0.6 is 0 Å². The molecule has 0 spiro atoms. The van der Waals surface area contributed by atoms with Crippen LogP contribution in [0.3, 0.4) is 0 Å². The number of hydrogen-bond donors (Lipinski definition) is 0. The fraction of sp³-hybridized carbons (Fsp3) is 0.0645. The molecule has 4 aromatic carbocycles. The largest absolute Gasteiger partial charge is 0.307 e. The van der Waals surface area contributed by atoms with Crippen molar-refractivity contribution in [3.63, 3.8) is 0 Å². The Morgan fingerprint density at radius 2 is 1.54 bits per heavy atom. The molecule has 8 rings (SSSR count). The summed E-state index contributed by atoms with van der Waals surface area (Å²) in [5.41, 5.74) is 9.58. The molecule has 8 aromatic rings. The maximum absolute atomic E-state index is 4.92. The van der Waals surface area contributed by atoms with Crippen LogP contribution in [-0.4, -0.2) is 14.4 Å². The first-order valence-corrected chi connectivity index (χ1v) is 11.9. The third kappa shape index (κ3) is 2.29. The van der Waals surface area contributed by atoms with Crippen LogP contribution in [0.1, 0.15) is 5.56 Å². The fourth-order valence-electron chi connectivity index (χ4n) is 6.17. The molecule has 0 bridgehead atoms. The van der Waals surface area contributed by atoms with Crippen LogP contribution in [0.25, 0.3) is 71.0 Å². The summed E-state index contributed by atoms with van der Waals surface area (Å²) in [6.45, 7) is 2.26. The van der Waals surface area contributed by atoms with E-state index in [4.69, 9.17) is 4.98 Å². The Labute approximate surface area is 201 Å². The van der Waals surface area contributed by atoms with E-state index in [1.54, 1.807) is 0 Å². The Morgan fingerprint density at radius 3 is 2.40 bits per heavy atom. The van der Waals surface area contributed by atoms with Crippen molar-refractivity contribution in [1.29, 1.82) is 0 Å². The molecule has 4 heteroatoms. The molecule has 0 aliphatic rings. The SMILES string of the molecule is Cc1c2ccccc2cc2c1c1c3c(cc(-c4ccncc4)c4c5ccccc5n2c43)nc[n+]1C. The molecule has 0 fully saturated rings. The number of pyridine rings is 2. The minimum absolute atomic E-state index is 1.01. The molecule has 0 N–H and O–H groups in total. The van der Waals surface area contributed by atoms with E-state index in [0.717, 1.165) is 11.1 Å². The number of aromatic nitrogens is 4. The first-order valence-electron chi connectivity index (χ1n) is 11.9. The van der Waals surface area contributed by atoms with Crippen molar-refractivity contribution in [2.45, 2.75) is 6.92 Å². The summed E-state index contributed by atoms with van der Waals surface area (Å²) < 4.78 is 4.66. The first-order chi connectivity index (χ1) is 17.2. The molecule has 4 nitrogen and oxygen atoms in total. The van der Waals surface area contributed by atoms with Crippen LogP contribution in [0.5, 0.6) is 0 Å². The van der Waals surface area contributed by atoms with E-state index >= 15 is 0 Å². The fourth-order valence-corrected chi connectivity index (χ4v) is 6.17. The van der Waals surface area contributed by atoms with Gasteiger partial charge in [-0.1, -0.05) is 42.5 Å². The van der Waals surface area contributed by atoms with E-state index < -0.39 is 0 Å². The molecule has 0 aliphatic heterocycles. The van der Waals surface area contributed by atoms with Gasteiger partial charge in [-0.05, 0) is 69.7 Å². The van der Waals surface area contributed by atoms with Crippen molar-refractivity contribution >= 4 is 59.9 Å². The summed E-state index contributed by atoms with van der Waals surface area (Å²) in [5.74, 6) is 0. The number of para-hydroxylation sites is 1. The highest BCUT2D eigenvalue weighted by Crippen LogP contribution is 2.45. The number of fused-ring (bicyclic) bond motifs is 7. The molecule has 0 saturated carbocycles. The Hall–Kier alpha value is -4.57. The minimum atomic E-state index is 1.01. The van der Waals surface area contributed by atoms with Crippen molar-refractivity contribution in [1.82, 2.24) is 14.4 Å². The second kappa shape index (κ2) is 6.51. The lowest BCUT2D eigenvalue weighted by Crippen LogP contribution is -2.30. The maximum Gasteiger partial charge on any atom is 0.287 e. The third-order valence-electron chi connectivity index (χ3n) is 7.63. The maximum atomic E-state index is 4.92. The van der Waals surface area contributed by atoms with Crippen LogP contribution in [0.2, 0.25) is 0 Å². The van der Waals surface area contributed by atoms with Gasteiger partial charge in [-0.25, -0.2) is 4.57 Å². The van der Waals surface area contributed by atoms with Crippen LogP contribution in [0.15, 0.2) is 91.5 Å². The Morgan fingerprint density at radius 1 is 0.771 bits per heavy atom. The molecular weight excluding hydrogens is 428 g/mol. The van der Waals surface area contributed by atoms with Crippen LogP contribution in [0.4, 0.5) is 0 Å². The summed E-state index contributed by atoms with van der Waals surface area (Å²) in [6, 6.07) is 26.3. The zero-order valence-corrected chi connectivity index (χ0v) is 19.4. The van der Waals surface area contributed by atoms with E-state index in [0.29, 0.717) is 0 Å². The first kappa shape index (κ1) is 18.8. The van der Waals surface area contributed by atoms with Gasteiger partial charge in [-0.2, -0.15) is 0 Å². The number of nitrogens with zero attached hydrogens (tertiary/aromatic N) is 4. The summed E-state index contributed by atoms with van der Waals surface area (Å²) in [4.78, 5) is 9.18. The predicted octanol–water partition coefficient (Wildman–Crippen LogP) is 6.73. The van der Waals surface area contributed by atoms with Gasteiger partial charge in [0.2, 0.25) is 0 Å². The smallest absolute Gasteiger partial charge is 0.287 e. The lowest BCUT2D eigenvalue weighted by Gasteiger charge is -2.16. The Bertz CT molecular complexity index is 2120. The Kier molecular flexibility index (Phi) is 3.50. The second-order valence-corrected chi connectivity index (χ2v) is 9.45. The highest BCUT2D eigenvalue weighted by molar-refractivity contribution is 6.30. The summed E-state index contributed by atoms with van der Waals surface area (Å²) in [6.07, 6.45) is 5.69. The van der Waals surface area contributed by atoms with E-state index in [1.165, 1.54) is 65.5 Å². The second-order valence-electron chi connectivity index (χ2n) is 9.45. The third-order valence-corrected chi connectivity index (χ3v) is 7.63. The lowest BCUT2D eigenvalue weighted by atomic mass is 9.94. The highest BCUT2D eigenvalue weighted by Gasteiger charge is 2.27. The molecule has 0 atom stereocenters. The van der Waals surface area contributed by atoms with Crippen molar-refractivity contribution < 1.29 is 4.57 Å². The molecule has 0 radical (unpaired) electrons. The van der Waals surface area contributed by atoms with Crippen LogP contribution < -0.4 is 4.57 Å². The van der Waals surface area contributed by atoms with Gasteiger partial charge >= 0.3 is 0 Å². The van der Waals surface area contributed by atoms with E-state index in [-0.39, 0.29) is 0 Å². The standard InChI is InChI=1S/C31H21N4/c1-18-21-8-4-3-7-20(21)15-26-27(18)30-29-24(33-17-34(30)2)16-23(19-11-13-32-14-12-19)28-22-9-5-6-10-25(22)35(26)31(28)29/h3-17H,1-2H3/q+1. The summed E-state index contributed by atoms with van der Waals surface area (Å²) in [7, 11) is 2.11. The van der Waals surface area contributed by atoms with Gasteiger partial charge in [0.05, 0.1) is 29.0 Å². The average Bonchev–Trinajstić information content (AvgIpc) is 3.25. The van der Waals surface area contributed by atoms with E-state index in [9.17, 15) is 0 Å². The van der Waals surface area contributed by atoms with Crippen LogP contribution in [-0.2, 0) is 7.05 Å². The number of rotatable bonds is 1. The molecule has 164 valence electrons. The topological polar surface area (TPSA) is 34.1 Å². The molecule has 0 aliphatic carbocycles. The zero-order chi connectivity index (χ0) is 23.3. The van der Waals surface area contributed by atoms with E-state index in [1.807, 2.05) is 18.7 Å². The van der Waals surface area contributed by atoms with Gasteiger partial charge < -0.3 is 4.40 Å². The molecule has 0 amide bonds. The van der Waals surface area contributed by atoms with Gasteiger partial charge in [-0.15, -0.1) is 0 Å². The van der Waals surface area contributed by atoms with Crippen molar-refractivity contribution in [3.05, 3.63) is 97.1 Å². The van der Waals surface area contributed by atoms with Crippen LogP contribution in [0, 0.1) is 6.92 Å². The highest BCUT2D eigenvalue weighted by atomic mass is 15.0. The van der Waals surface area contributed by atoms with Gasteiger partial charge in [0.25, 0.3) is 6.33 Å². The Balaban J connectivity index is 1.79. The monoisotopic (exact) mass is 449 g/mol. The summed E-state index contributed by atoms with van der Waals surface area (Å²) >= 11 is 0.